The number of aromatic nitrogens is 1. The Hall–Kier alpha value is -0.290. The van der Waals surface area contributed by atoms with E-state index in [-0.39, 0.29) is 0 Å². The lowest BCUT2D eigenvalue weighted by atomic mass is 10.3. The molecule has 0 bridgehead atoms. The van der Waals surface area contributed by atoms with Gasteiger partial charge in [-0.25, -0.2) is 4.99 Å². The first-order valence-electron chi connectivity index (χ1n) is 3.11. The summed E-state index contributed by atoms with van der Waals surface area (Å²) in [6.45, 7) is 0.836. The molecule has 2 rings (SSSR count). The molecule has 0 radical (unpaired) electrons. The fourth-order valence-electron chi connectivity index (χ4n) is 0.986. The summed E-state index contributed by atoms with van der Waals surface area (Å²) in [6.07, 6.45) is 1.89. The van der Waals surface area contributed by atoms with Gasteiger partial charge in [-0.3, -0.25) is 3.93 Å². The Morgan fingerprint density at radius 1 is 1.64 bits per heavy atom. The molecule has 1 N–H and O–H groups in total. The number of H-pyrrole nitrogens is 1. The minimum absolute atomic E-state index is 0.799. The maximum absolute atomic E-state index is 4.24. The summed E-state index contributed by atoms with van der Waals surface area (Å²) in [5.74, 6) is 0.938. The van der Waals surface area contributed by atoms with Gasteiger partial charge in [-0.1, -0.05) is 0 Å². The summed E-state index contributed by atoms with van der Waals surface area (Å²) >= 11 is 6.67. The van der Waals surface area contributed by atoms with Crippen molar-refractivity contribution < 1.29 is 0 Å². The minimum atomic E-state index is 0.799. The van der Waals surface area contributed by atoms with Gasteiger partial charge in [-0.2, -0.15) is 0 Å². The third kappa shape index (κ3) is 1.22. The zero-order valence-corrected chi connectivity index (χ0v) is 8.68. The van der Waals surface area contributed by atoms with E-state index in [2.05, 4.69) is 42.1 Å². The van der Waals surface area contributed by atoms with Crippen LogP contribution in [0, 0.1) is 0 Å². The van der Waals surface area contributed by atoms with Crippen LogP contribution in [0.15, 0.2) is 17.3 Å². The number of fused-ring (bicyclic) bond motifs is 1. The number of aromatic amines is 1. The molecule has 11 heavy (non-hydrogen) atoms. The Bertz CT molecular complexity index is 305. The van der Waals surface area contributed by atoms with Gasteiger partial charge in [0.15, 0.2) is 4.74 Å². The van der Waals surface area contributed by atoms with E-state index in [1.54, 1.807) is 0 Å². The first-order chi connectivity index (χ1) is 5.27. The maximum atomic E-state index is 4.24. The molecule has 0 atom stereocenters. The smallest absolute Gasteiger partial charge is 0.185 e. The highest BCUT2D eigenvalue weighted by molar-refractivity contribution is 9.19. The molecule has 0 spiro atoms. The van der Waals surface area contributed by atoms with E-state index in [0.717, 1.165) is 17.1 Å². The summed E-state index contributed by atoms with van der Waals surface area (Å²) in [4.78, 5) is 7.29. The predicted octanol–water partition coefficient (Wildman–Crippen LogP) is 2.52. The van der Waals surface area contributed by atoms with Gasteiger partial charge in [-0.05, 0) is 22.0 Å². The summed E-state index contributed by atoms with van der Waals surface area (Å²) in [5, 5.41) is 0. The molecule has 58 valence electrons. The van der Waals surface area contributed by atoms with Gasteiger partial charge < -0.3 is 4.98 Å². The van der Waals surface area contributed by atoms with E-state index in [0.29, 0.717) is 0 Å². The standard InChI is InChI=1S/C6H5Br2N3/c7-6-10-5-4(1-2-9-5)3-11(6)8/h1-2,9H,3H2. The molecule has 0 saturated carbocycles. The van der Waals surface area contributed by atoms with Crippen LogP contribution in [-0.4, -0.2) is 13.7 Å². The average molecular weight is 279 g/mol. The molecule has 1 aliphatic heterocycles. The summed E-state index contributed by atoms with van der Waals surface area (Å²) in [5.41, 5.74) is 1.20. The van der Waals surface area contributed by atoms with Crippen LogP contribution in [0.25, 0.3) is 0 Å². The average Bonchev–Trinajstić information content (AvgIpc) is 2.36. The van der Waals surface area contributed by atoms with Crippen molar-refractivity contribution in [2.24, 2.45) is 4.99 Å². The molecule has 1 aromatic rings. The van der Waals surface area contributed by atoms with E-state index >= 15 is 0 Å². The second kappa shape index (κ2) is 2.64. The number of hydrogen-bond donors (Lipinski definition) is 1. The van der Waals surface area contributed by atoms with Crippen molar-refractivity contribution in [2.75, 3.05) is 0 Å². The SMILES string of the molecule is BrC1=Nc2[nH]ccc2CN1Br. The topological polar surface area (TPSA) is 31.4 Å². The van der Waals surface area contributed by atoms with Crippen LogP contribution in [0.4, 0.5) is 5.82 Å². The zero-order valence-electron chi connectivity index (χ0n) is 5.51. The largest absolute Gasteiger partial charge is 0.346 e. The van der Waals surface area contributed by atoms with Crippen LogP contribution < -0.4 is 0 Å². The lowest BCUT2D eigenvalue weighted by molar-refractivity contribution is 0.695. The van der Waals surface area contributed by atoms with Gasteiger partial charge in [0.1, 0.15) is 5.82 Å². The number of hydrogen-bond acceptors (Lipinski definition) is 2. The molecule has 0 saturated heterocycles. The Kier molecular flexibility index (Phi) is 1.77. The van der Waals surface area contributed by atoms with Crippen molar-refractivity contribution in [2.45, 2.75) is 6.54 Å². The van der Waals surface area contributed by atoms with Crippen molar-refractivity contribution in [3.63, 3.8) is 0 Å². The van der Waals surface area contributed by atoms with E-state index in [1.807, 2.05) is 16.2 Å². The Balaban J connectivity index is 2.47. The molecule has 0 amide bonds. The molecular weight excluding hydrogens is 274 g/mol. The quantitative estimate of drug-likeness (QED) is 0.574. The molecule has 1 aliphatic rings. The first-order valence-corrected chi connectivity index (χ1v) is 4.61. The number of aliphatic imine (C=N–C) groups is 1. The normalized spacial score (nSPS) is 16.2. The van der Waals surface area contributed by atoms with E-state index < -0.39 is 0 Å². The predicted molar refractivity (Wildman–Crippen MR) is 51.3 cm³/mol. The van der Waals surface area contributed by atoms with Gasteiger partial charge in [0.25, 0.3) is 0 Å². The molecular formula is C6H5Br2N3. The van der Waals surface area contributed by atoms with Crippen molar-refractivity contribution in [3.8, 4) is 0 Å². The number of halogens is 2. The highest BCUT2D eigenvalue weighted by Crippen LogP contribution is 2.27. The molecule has 1 aromatic heterocycles. The van der Waals surface area contributed by atoms with E-state index in [4.69, 9.17) is 0 Å². The zero-order chi connectivity index (χ0) is 7.84. The number of nitrogens with zero attached hydrogens (tertiary/aromatic N) is 2. The van der Waals surface area contributed by atoms with Crippen LogP contribution in [0.1, 0.15) is 5.56 Å². The van der Waals surface area contributed by atoms with Crippen molar-refractivity contribution in [3.05, 3.63) is 17.8 Å². The third-order valence-electron chi connectivity index (χ3n) is 1.52. The second-order valence-electron chi connectivity index (χ2n) is 2.25. The van der Waals surface area contributed by atoms with E-state index in [9.17, 15) is 0 Å². The molecule has 0 fully saturated rings. The lowest BCUT2D eigenvalue weighted by Crippen LogP contribution is -2.17. The van der Waals surface area contributed by atoms with Gasteiger partial charge >= 0.3 is 0 Å². The maximum Gasteiger partial charge on any atom is 0.185 e. The molecule has 0 unspecified atom stereocenters. The van der Waals surface area contributed by atoms with Crippen LogP contribution in [0.2, 0.25) is 0 Å². The monoisotopic (exact) mass is 277 g/mol. The second-order valence-corrected chi connectivity index (χ2v) is 3.82. The highest BCUT2D eigenvalue weighted by Gasteiger charge is 2.15. The molecule has 0 aliphatic carbocycles. The number of rotatable bonds is 0. The van der Waals surface area contributed by atoms with Gasteiger partial charge in [0, 0.05) is 11.8 Å². The van der Waals surface area contributed by atoms with Crippen molar-refractivity contribution >= 4 is 42.6 Å². The molecule has 5 heteroatoms. The van der Waals surface area contributed by atoms with E-state index in [1.165, 1.54) is 5.56 Å². The van der Waals surface area contributed by atoms with Crippen LogP contribution >= 0.6 is 32.1 Å². The highest BCUT2D eigenvalue weighted by atomic mass is 79.9. The van der Waals surface area contributed by atoms with Gasteiger partial charge in [0.2, 0.25) is 0 Å². The third-order valence-corrected chi connectivity index (χ3v) is 3.19. The fourth-order valence-corrected chi connectivity index (χ4v) is 1.64. The Morgan fingerprint density at radius 3 is 3.27 bits per heavy atom. The van der Waals surface area contributed by atoms with Gasteiger partial charge in [0.05, 0.1) is 22.7 Å². The van der Waals surface area contributed by atoms with Crippen molar-refractivity contribution in [1.82, 2.24) is 8.91 Å². The molecule has 2 heterocycles. The summed E-state index contributed by atoms with van der Waals surface area (Å²) in [6, 6.07) is 2.02. The Labute approximate surface area is 81.0 Å². The minimum Gasteiger partial charge on any atom is -0.346 e. The molecule has 0 aromatic carbocycles. The van der Waals surface area contributed by atoms with Crippen molar-refractivity contribution in [1.29, 1.82) is 0 Å². The van der Waals surface area contributed by atoms with Crippen LogP contribution in [0.5, 0.6) is 0 Å². The van der Waals surface area contributed by atoms with Crippen LogP contribution in [0.3, 0.4) is 0 Å². The number of nitrogens with one attached hydrogen (secondary N) is 1. The molecule has 3 nitrogen and oxygen atoms in total. The van der Waals surface area contributed by atoms with Gasteiger partial charge in [-0.15, -0.1) is 0 Å². The first kappa shape index (κ1) is 7.36. The summed E-state index contributed by atoms with van der Waals surface area (Å²) in [7, 11) is 0. The lowest BCUT2D eigenvalue weighted by Gasteiger charge is -2.17. The number of amidine groups is 1. The Morgan fingerprint density at radius 2 is 2.45 bits per heavy atom. The fraction of sp³-hybridized carbons (Fsp3) is 0.167. The summed E-state index contributed by atoms with van der Waals surface area (Å²) < 4.78 is 2.66. The van der Waals surface area contributed by atoms with Crippen LogP contribution in [-0.2, 0) is 6.54 Å².